The van der Waals surface area contributed by atoms with Gasteiger partial charge in [-0.25, -0.2) is 4.39 Å². The Bertz CT molecular complexity index is 1030. The summed E-state index contributed by atoms with van der Waals surface area (Å²) in [5.41, 5.74) is 0.833. The van der Waals surface area contributed by atoms with Crippen LogP contribution in [0.2, 0.25) is 0 Å². The maximum absolute atomic E-state index is 13.2. The fourth-order valence-electron chi connectivity index (χ4n) is 2.60. The van der Waals surface area contributed by atoms with Gasteiger partial charge in [0.2, 0.25) is 0 Å². The molecule has 3 aromatic carbocycles. The minimum Gasteiger partial charge on any atom is -0.354 e. The molecule has 5 heteroatoms. The number of amides is 1. The number of nitrogens with zero attached hydrogens (tertiary/aromatic N) is 1. The van der Waals surface area contributed by atoms with E-state index in [1.54, 1.807) is 6.07 Å². The van der Waals surface area contributed by atoms with E-state index in [2.05, 4.69) is 10.5 Å². The third-order valence-electron chi connectivity index (χ3n) is 3.70. The second-order valence-electron chi connectivity index (χ2n) is 5.15. The Morgan fingerprint density at radius 3 is 2.74 bits per heavy atom. The Morgan fingerprint density at radius 1 is 1.00 bits per heavy atom. The van der Waals surface area contributed by atoms with Gasteiger partial charge < -0.3 is 9.84 Å². The van der Waals surface area contributed by atoms with Crippen molar-refractivity contribution < 1.29 is 13.7 Å². The van der Waals surface area contributed by atoms with Gasteiger partial charge in [-0.2, -0.15) is 0 Å². The van der Waals surface area contributed by atoms with E-state index in [1.165, 1.54) is 18.2 Å². The lowest BCUT2D eigenvalue weighted by atomic mass is 10.0. The third kappa shape index (κ3) is 2.32. The highest BCUT2D eigenvalue weighted by atomic mass is 19.1. The van der Waals surface area contributed by atoms with Crippen LogP contribution < -0.4 is 5.32 Å². The number of carbonyl (C=O) groups is 1. The summed E-state index contributed by atoms with van der Waals surface area (Å²) in [5.74, 6) is -0.431. The third-order valence-corrected chi connectivity index (χ3v) is 3.70. The molecule has 0 saturated carbocycles. The molecule has 4 rings (SSSR count). The van der Waals surface area contributed by atoms with Crippen LogP contribution in [0.4, 0.5) is 10.2 Å². The van der Waals surface area contributed by atoms with Gasteiger partial charge in [-0.05, 0) is 29.0 Å². The van der Waals surface area contributed by atoms with Crippen molar-refractivity contribution in [3.63, 3.8) is 0 Å². The van der Waals surface area contributed by atoms with Crippen LogP contribution in [-0.4, -0.2) is 11.1 Å². The van der Waals surface area contributed by atoms with Crippen molar-refractivity contribution in [1.29, 1.82) is 0 Å². The molecule has 0 saturated heterocycles. The summed E-state index contributed by atoms with van der Waals surface area (Å²) in [5, 5.41) is 8.92. The molecule has 23 heavy (non-hydrogen) atoms. The quantitative estimate of drug-likeness (QED) is 0.598. The molecule has 0 spiro atoms. The molecule has 0 unspecified atom stereocenters. The first-order chi connectivity index (χ1) is 11.2. The number of fused-ring (bicyclic) bond motifs is 2. The Morgan fingerprint density at radius 2 is 1.83 bits per heavy atom. The molecule has 1 N–H and O–H groups in total. The molecule has 0 bridgehead atoms. The van der Waals surface area contributed by atoms with Crippen molar-refractivity contribution in [1.82, 2.24) is 5.16 Å². The van der Waals surface area contributed by atoms with Crippen molar-refractivity contribution in [3.8, 4) is 0 Å². The van der Waals surface area contributed by atoms with Gasteiger partial charge in [0.25, 0.3) is 5.91 Å². The fourth-order valence-corrected chi connectivity index (χ4v) is 2.60. The molecule has 0 atom stereocenters. The molecule has 4 nitrogen and oxygen atoms in total. The molecule has 0 aliphatic carbocycles. The zero-order chi connectivity index (χ0) is 15.8. The number of nitrogens with one attached hydrogen (secondary N) is 1. The van der Waals surface area contributed by atoms with Gasteiger partial charge >= 0.3 is 0 Å². The Hall–Kier alpha value is -3.21. The van der Waals surface area contributed by atoms with Crippen molar-refractivity contribution in [2.75, 3.05) is 5.32 Å². The summed E-state index contributed by atoms with van der Waals surface area (Å²) in [7, 11) is 0. The standard InChI is InChI=1S/C18H11FN2O2/c19-12-8-9-15-16(10-12)23-21-17(15)20-18(22)14-7-3-5-11-4-1-2-6-13(11)14/h1-10H,(H,20,21,22). The summed E-state index contributed by atoms with van der Waals surface area (Å²) in [6, 6.07) is 17.2. The van der Waals surface area contributed by atoms with E-state index in [0.29, 0.717) is 16.5 Å². The van der Waals surface area contributed by atoms with Crippen molar-refractivity contribution >= 4 is 33.5 Å². The number of carbonyl (C=O) groups excluding carboxylic acids is 1. The van der Waals surface area contributed by atoms with E-state index >= 15 is 0 Å². The molecule has 1 aromatic heterocycles. The van der Waals surface area contributed by atoms with Crippen LogP contribution in [0.5, 0.6) is 0 Å². The summed E-state index contributed by atoms with van der Waals surface area (Å²) in [4.78, 5) is 12.6. The average molecular weight is 306 g/mol. The second-order valence-corrected chi connectivity index (χ2v) is 5.15. The normalized spacial score (nSPS) is 11.0. The highest BCUT2D eigenvalue weighted by molar-refractivity contribution is 6.14. The van der Waals surface area contributed by atoms with E-state index in [1.807, 2.05) is 36.4 Å². The zero-order valence-corrected chi connectivity index (χ0v) is 11.9. The van der Waals surface area contributed by atoms with Crippen LogP contribution in [0.1, 0.15) is 10.4 Å². The molecular formula is C18H11FN2O2. The number of aromatic nitrogens is 1. The van der Waals surface area contributed by atoms with Crippen LogP contribution in [0.15, 0.2) is 65.2 Å². The first-order valence-electron chi connectivity index (χ1n) is 7.06. The molecular weight excluding hydrogens is 295 g/mol. The van der Waals surface area contributed by atoms with E-state index < -0.39 is 5.82 Å². The fraction of sp³-hybridized carbons (Fsp3) is 0. The summed E-state index contributed by atoms with van der Waals surface area (Å²) >= 11 is 0. The SMILES string of the molecule is O=C(Nc1noc2cc(F)ccc12)c1cccc2ccccc12. The molecule has 4 aromatic rings. The van der Waals surface area contributed by atoms with Crippen molar-refractivity contribution in [2.24, 2.45) is 0 Å². The lowest BCUT2D eigenvalue weighted by Crippen LogP contribution is -2.12. The molecule has 0 aliphatic rings. The number of halogens is 1. The summed E-state index contributed by atoms with van der Waals surface area (Å²) in [6.45, 7) is 0. The van der Waals surface area contributed by atoms with Gasteiger partial charge in [0.05, 0.1) is 5.39 Å². The van der Waals surface area contributed by atoms with Gasteiger partial charge in [0.15, 0.2) is 11.4 Å². The van der Waals surface area contributed by atoms with E-state index in [4.69, 9.17) is 4.52 Å². The monoisotopic (exact) mass is 306 g/mol. The van der Waals surface area contributed by atoms with Gasteiger partial charge in [0, 0.05) is 11.6 Å². The molecule has 1 heterocycles. The van der Waals surface area contributed by atoms with Crippen LogP contribution in [0, 0.1) is 5.82 Å². The summed E-state index contributed by atoms with van der Waals surface area (Å²) < 4.78 is 18.2. The largest absolute Gasteiger partial charge is 0.354 e. The van der Waals surface area contributed by atoms with Gasteiger partial charge in [0.1, 0.15) is 5.82 Å². The van der Waals surface area contributed by atoms with Crippen LogP contribution >= 0.6 is 0 Å². The highest BCUT2D eigenvalue weighted by Crippen LogP contribution is 2.25. The predicted molar refractivity (Wildman–Crippen MR) is 85.9 cm³/mol. The molecule has 0 aliphatic heterocycles. The number of anilines is 1. The lowest BCUT2D eigenvalue weighted by Gasteiger charge is -2.06. The number of hydrogen-bond acceptors (Lipinski definition) is 3. The zero-order valence-electron chi connectivity index (χ0n) is 11.9. The second kappa shape index (κ2) is 5.21. The van der Waals surface area contributed by atoms with Crippen molar-refractivity contribution in [2.45, 2.75) is 0 Å². The number of hydrogen-bond donors (Lipinski definition) is 1. The Labute approximate surface area is 130 Å². The number of rotatable bonds is 2. The average Bonchev–Trinajstić information content (AvgIpc) is 2.96. The van der Waals surface area contributed by atoms with Crippen LogP contribution in [-0.2, 0) is 0 Å². The van der Waals surface area contributed by atoms with E-state index in [0.717, 1.165) is 10.8 Å². The first-order valence-corrected chi connectivity index (χ1v) is 7.06. The highest BCUT2D eigenvalue weighted by Gasteiger charge is 2.15. The van der Waals surface area contributed by atoms with Gasteiger partial charge in [-0.3, -0.25) is 4.79 Å². The first kappa shape index (κ1) is 13.5. The molecule has 112 valence electrons. The van der Waals surface area contributed by atoms with Crippen LogP contribution in [0.25, 0.3) is 21.7 Å². The number of benzene rings is 3. The Kier molecular flexibility index (Phi) is 3.05. The Balaban J connectivity index is 1.74. The summed E-state index contributed by atoms with van der Waals surface area (Å²) in [6.07, 6.45) is 0. The molecule has 1 amide bonds. The van der Waals surface area contributed by atoms with E-state index in [-0.39, 0.29) is 11.7 Å². The van der Waals surface area contributed by atoms with Crippen LogP contribution in [0.3, 0.4) is 0 Å². The maximum atomic E-state index is 13.2. The smallest absolute Gasteiger partial charge is 0.257 e. The minimum atomic E-state index is -0.416. The van der Waals surface area contributed by atoms with E-state index in [9.17, 15) is 9.18 Å². The lowest BCUT2D eigenvalue weighted by molar-refractivity contribution is 0.102. The minimum absolute atomic E-state index is 0.276. The van der Waals surface area contributed by atoms with Gasteiger partial charge in [-0.15, -0.1) is 0 Å². The van der Waals surface area contributed by atoms with Gasteiger partial charge in [-0.1, -0.05) is 41.6 Å². The maximum Gasteiger partial charge on any atom is 0.257 e. The topological polar surface area (TPSA) is 55.1 Å². The van der Waals surface area contributed by atoms with Crippen molar-refractivity contribution in [3.05, 3.63) is 72.0 Å². The predicted octanol–water partition coefficient (Wildman–Crippen LogP) is 4.37. The molecule has 0 radical (unpaired) electrons. The molecule has 0 fully saturated rings.